The first-order valence-electron chi connectivity index (χ1n) is 7.37. The fourth-order valence-corrected chi connectivity index (χ4v) is 2.86. The van der Waals surface area contributed by atoms with Crippen LogP contribution < -0.4 is 10.6 Å². The summed E-state index contributed by atoms with van der Waals surface area (Å²) in [4.78, 5) is 23.5. The van der Waals surface area contributed by atoms with E-state index in [-0.39, 0.29) is 12.1 Å². The van der Waals surface area contributed by atoms with Crippen molar-refractivity contribution in [3.8, 4) is 0 Å². The fourth-order valence-electron chi connectivity index (χ4n) is 2.86. The van der Waals surface area contributed by atoms with Crippen LogP contribution in [0.15, 0.2) is 0 Å². The third-order valence-corrected chi connectivity index (χ3v) is 4.15. The van der Waals surface area contributed by atoms with Gasteiger partial charge in [0, 0.05) is 19.2 Å². The predicted molar refractivity (Wildman–Crippen MR) is 71.5 cm³/mol. The SMILES string of the molecule is C[C@@H]1CCCC[C@H]1NC(=O)C(=O)NC[C@@H]1CCCO1. The lowest BCUT2D eigenvalue weighted by molar-refractivity contribution is -0.140. The highest BCUT2D eigenvalue weighted by Crippen LogP contribution is 2.23. The van der Waals surface area contributed by atoms with E-state index < -0.39 is 11.8 Å². The zero-order valence-corrected chi connectivity index (χ0v) is 11.6. The van der Waals surface area contributed by atoms with E-state index in [1.54, 1.807) is 0 Å². The molecule has 3 atom stereocenters. The van der Waals surface area contributed by atoms with E-state index in [0.717, 1.165) is 38.7 Å². The van der Waals surface area contributed by atoms with Crippen molar-refractivity contribution in [3.63, 3.8) is 0 Å². The Morgan fingerprint density at radius 3 is 2.58 bits per heavy atom. The summed E-state index contributed by atoms with van der Waals surface area (Å²) in [5, 5.41) is 5.50. The topological polar surface area (TPSA) is 67.4 Å². The molecule has 0 bridgehead atoms. The van der Waals surface area contributed by atoms with Crippen molar-refractivity contribution in [1.29, 1.82) is 0 Å². The van der Waals surface area contributed by atoms with Crippen LogP contribution in [0.4, 0.5) is 0 Å². The third-order valence-electron chi connectivity index (χ3n) is 4.15. The summed E-state index contributed by atoms with van der Waals surface area (Å²) < 4.78 is 5.40. The molecule has 2 amide bonds. The molecule has 5 nitrogen and oxygen atoms in total. The van der Waals surface area contributed by atoms with Crippen LogP contribution in [-0.4, -0.2) is 37.1 Å². The maximum absolute atomic E-state index is 11.8. The highest BCUT2D eigenvalue weighted by Gasteiger charge is 2.26. The first-order valence-corrected chi connectivity index (χ1v) is 7.37. The molecule has 0 aromatic rings. The quantitative estimate of drug-likeness (QED) is 0.750. The zero-order chi connectivity index (χ0) is 13.7. The summed E-state index contributed by atoms with van der Waals surface area (Å²) in [6.45, 7) is 3.33. The molecule has 1 saturated carbocycles. The lowest BCUT2D eigenvalue weighted by Gasteiger charge is -2.29. The number of hydrogen-bond donors (Lipinski definition) is 2. The second kappa shape index (κ2) is 6.89. The summed E-state index contributed by atoms with van der Waals surface area (Å²) in [6.07, 6.45) is 6.53. The zero-order valence-electron chi connectivity index (χ0n) is 11.6. The molecule has 2 fully saturated rings. The molecule has 108 valence electrons. The molecular weight excluding hydrogens is 244 g/mol. The number of amides is 2. The van der Waals surface area contributed by atoms with Gasteiger partial charge in [0.2, 0.25) is 0 Å². The Bertz CT molecular complexity index is 327. The van der Waals surface area contributed by atoms with Crippen LogP contribution in [0.25, 0.3) is 0 Å². The second-order valence-electron chi connectivity index (χ2n) is 5.69. The van der Waals surface area contributed by atoms with E-state index >= 15 is 0 Å². The number of ether oxygens (including phenoxy) is 1. The van der Waals surface area contributed by atoms with Crippen LogP contribution in [0, 0.1) is 5.92 Å². The van der Waals surface area contributed by atoms with E-state index in [4.69, 9.17) is 4.74 Å². The number of carbonyl (C=O) groups is 2. The van der Waals surface area contributed by atoms with Crippen molar-refractivity contribution in [1.82, 2.24) is 10.6 Å². The van der Waals surface area contributed by atoms with E-state index in [0.29, 0.717) is 12.5 Å². The minimum absolute atomic E-state index is 0.0744. The smallest absolute Gasteiger partial charge is 0.309 e. The summed E-state index contributed by atoms with van der Waals surface area (Å²) in [5.74, 6) is -0.575. The lowest BCUT2D eigenvalue weighted by Crippen LogP contribution is -2.48. The molecule has 0 aromatic heterocycles. The van der Waals surface area contributed by atoms with Gasteiger partial charge in [-0.1, -0.05) is 19.8 Å². The lowest BCUT2D eigenvalue weighted by atomic mass is 9.86. The average molecular weight is 268 g/mol. The van der Waals surface area contributed by atoms with Gasteiger partial charge in [0.1, 0.15) is 0 Å². The van der Waals surface area contributed by atoms with Gasteiger partial charge < -0.3 is 15.4 Å². The maximum Gasteiger partial charge on any atom is 0.309 e. The van der Waals surface area contributed by atoms with Crippen molar-refractivity contribution in [2.75, 3.05) is 13.2 Å². The number of carbonyl (C=O) groups excluding carboxylic acids is 2. The predicted octanol–water partition coefficient (Wildman–Crippen LogP) is 0.976. The number of hydrogen-bond acceptors (Lipinski definition) is 3. The Morgan fingerprint density at radius 2 is 1.89 bits per heavy atom. The summed E-state index contributed by atoms with van der Waals surface area (Å²) in [5.41, 5.74) is 0. The standard InChI is InChI=1S/C14H24N2O3/c1-10-5-2-3-7-12(10)16-14(18)13(17)15-9-11-6-4-8-19-11/h10-12H,2-9H2,1H3,(H,15,17)(H,16,18)/t10-,11+,12-/m1/s1. The molecule has 1 heterocycles. The van der Waals surface area contributed by atoms with Crippen LogP contribution in [0.2, 0.25) is 0 Å². The first-order chi connectivity index (χ1) is 9.16. The van der Waals surface area contributed by atoms with Crippen molar-refractivity contribution in [2.24, 2.45) is 5.92 Å². The minimum atomic E-state index is -0.534. The van der Waals surface area contributed by atoms with Gasteiger partial charge >= 0.3 is 11.8 Å². The molecule has 2 rings (SSSR count). The average Bonchev–Trinajstić information content (AvgIpc) is 2.91. The van der Waals surface area contributed by atoms with E-state index in [1.807, 2.05) is 0 Å². The molecular formula is C14H24N2O3. The molecule has 0 spiro atoms. The van der Waals surface area contributed by atoms with Gasteiger partial charge in [-0.3, -0.25) is 9.59 Å². The maximum atomic E-state index is 11.8. The fraction of sp³-hybridized carbons (Fsp3) is 0.857. The van der Waals surface area contributed by atoms with Crippen LogP contribution in [0.5, 0.6) is 0 Å². The van der Waals surface area contributed by atoms with Gasteiger partial charge in [0.05, 0.1) is 6.10 Å². The Hall–Kier alpha value is -1.10. The molecule has 1 aliphatic carbocycles. The molecule has 5 heteroatoms. The van der Waals surface area contributed by atoms with E-state index in [2.05, 4.69) is 17.6 Å². The summed E-state index contributed by atoms with van der Waals surface area (Å²) in [7, 11) is 0. The molecule has 0 radical (unpaired) electrons. The van der Waals surface area contributed by atoms with Gasteiger partial charge in [-0.25, -0.2) is 0 Å². The highest BCUT2D eigenvalue weighted by molar-refractivity contribution is 6.35. The number of nitrogens with one attached hydrogen (secondary N) is 2. The van der Waals surface area contributed by atoms with Gasteiger partial charge in [-0.05, 0) is 31.6 Å². The van der Waals surface area contributed by atoms with Gasteiger partial charge in [0.25, 0.3) is 0 Å². The normalized spacial score (nSPS) is 30.9. The number of rotatable bonds is 3. The van der Waals surface area contributed by atoms with Crippen LogP contribution in [-0.2, 0) is 14.3 Å². The largest absolute Gasteiger partial charge is 0.376 e. The highest BCUT2D eigenvalue weighted by atomic mass is 16.5. The Balaban J connectivity index is 1.70. The van der Waals surface area contributed by atoms with E-state index in [9.17, 15) is 9.59 Å². The Morgan fingerprint density at radius 1 is 1.11 bits per heavy atom. The summed E-state index contributed by atoms with van der Waals surface area (Å²) >= 11 is 0. The third kappa shape index (κ3) is 4.20. The van der Waals surface area contributed by atoms with Crippen LogP contribution >= 0.6 is 0 Å². The Labute approximate surface area is 114 Å². The molecule has 2 aliphatic rings. The molecule has 1 saturated heterocycles. The molecule has 2 N–H and O–H groups in total. The van der Waals surface area contributed by atoms with Crippen molar-refractivity contribution >= 4 is 11.8 Å². The van der Waals surface area contributed by atoms with Crippen molar-refractivity contribution < 1.29 is 14.3 Å². The van der Waals surface area contributed by atoms with E-state index in [1.165, 1.54) is 6.42 Å². The Kier molecular flexibility index (Phi) is 5.19. The van der Waals surface area contributed by atoms with Crippen molar-refractivity contribution in [3.05, 3.63) is 0 Å². The molecule has 0 aromatic carbocycles. The monoisotopic (exact) mass is 268 g/mol. The molecule has 19 heavy (non-hydrogen) atoms. The molecule has 1 aliphatic heterocycles. The minimum Gasteiger partial charge on any atom is -0.376 e. The van der Waals surface area contributed by atoms with Crippen molar-refractivity contribution in [2.45, 2.75) is 57.6 Å². The van der Waals surface area contributed by atoms with Gasteiger partial charge in [-0.2, -0.15) is 0 Å². The van der Waals surface area contributed by atoms with Crippen LogP contribution in [0.1, 0.15) is 45.4 Å². The van der Waals surface area contributed by atoms with Gasteiger partial charge in [-0.15, -0.1) is 0 Å². The first kappa shape index (κ1) is 14.3. The summed E-state index contributed by atoms with van der Waals surface area (Å²) in [6, 6.07) is 0.148. The van der Waals surface area contributed by atoms with Gasteiger partial charge in [0.15, 0.2) is 0 Å². The molecule has 0 unspecified atom stereocenters. The second-order valence-corrected chi connectivity index (χ2v) is 5.69. The van der Waals surface area contributed by atoms with Crippen LogP contribution in [0.3, 0.4) is 0 Å².